The van der Waals surface area contributed by atoms with E-state index in [4.69, 9.17) is 4.74 Å². The molecule has 20 heavy (non-hydrogen) atoms. The summed E-state index contributed by atoms with van der Waals surface area (Å²) < 4.78 is 6.82. The molecule has 1 N–H and O–H groups in total. The highest BCUT2D eigenvalue weighted by Crippen LogP contribution is 2.32. The predicted molar refractivity (Wildman–Crippen MR) is 87.4 cm³/mol. The van der Waals surface area contributed by atoms with Gasteiger partial charge >= 0.3 is 0 Å². The van der Waals surface area contributed by atoms with Crippen molar-refractivity contribution in [1.82, 2.24) is 5.32 Å². The normalized spacial score (nSPS) is 12.2. The maximum atomic E-state index is 5.76. The molecule has 2 aromatic rings. The van der Waals surface area contributed by atoms with E-state index in [2.05, 4.69) is 58.5 Å². The van der Waals surface area contributed by atoms with Gasteiger partial charge in [0.15, 0.2) is 0 Å². The van der Waals surface area contributed by atoms with Gasteiger partial charge in [-0.25, -0.2) is 0 Å². The molecular weight excluding hydrogens is 314 g/mol. The van der Waals surface area contributed by atoms with Crippen molar-refractivity contribution in [3.8, 4) is 5.75 Å². The van der Waals surface area contributed by atoms with Crippen LogP contribution in [0.25, 0.3) is 0 Å². The second kappa shape index (κ2) is 6.91. The largest absolute Gasteiger partial charge is 0.494 e. The van der Waals surface area contributed by atoms with Crippen molar-refractivity contribution in [2.45, 2.75) is 19.9 Å². The van der Waals surface area contributed by atoms with E-state index >= 15 is 0 Å². The van der Waals surface area contributed by atoms with Crippen molar-refractivity contribution < 1.29 is 4.74 Å². The van der Waals surface area contributed by atoms with Gasteiger partial charge in [-0.3, -0.25) is 0 Å². The number of rotatable bonds is 5. The Balaban J connectivity index is 2.45. The quantitative estimate of drug-likeness (QED) is 0.871. The molecule has 0 saturated carbocycles. The SMILES string of the molecule is CCOc1ccc(Br)cc1C(NC)c1ccc(C)cc1. The average Bonchev–Trinajstić information content (AvgIpc) is 2.45. The first-order chi connectivity index (χ1) is 9.65. The molecule has 0 heterocycles. The lowest BCUT2D eigenvalue weighted by Gasteiger charge is -2.21. The fourth-order valence-corrected chi connectivity index (χ4v) is 2.67. The van der Waals surface area contributed by atoms with Gasteiger partial charge in [0, 0.05) is 10.0 Å². The Morgan fingerprint density at radius 1 is 1.15 bits per heavy atom. The standard InChI is InChI=1S/C17H20BrNO/c1-4-20-16-10-9-14(18)11-15(16)17(19-3)13-7-5-12(2)6-8-13/h5-11,17,19H,4H2,1-3H3. The van der Waals surface area contributed by atoms with Gasteiger partial charge in [-0.2, -0.15) is 0 Å². The molecular formula is C17H20BrNO. The summed E-state index contributed by atoms with van der Waals surface area (Å²) in [6, 6.07) is 14.9. The summed E-state index contributed by atoms with van der Waals surface area (Å²) in [4.78, 5) is 0. The molecule has 0 aliphatic heterocycles. The van der Waals surface area contributed by atoms with Crippen LogP contribution in [0.2, 0.25) is 0 Å². The van der Waals surface area contributed by atoms with Crippen molar-refractivity contribution in [2.75, 3.05) is 13.7 Å². The van der Waals surface area contributed by atoms with Gasteiger partial charge in [-0.05, 0) is 44.7 Å². The lowest BCUT2D eigenvalue weighted by molar-refractivity contribution is 0.334. The lowest BCUT2D eigenvalue weighted by atomic mass is 9.97. The Hall–Kier alpha value is -1.32. The molecule has 0 amide bonds. The third-order valence-electron chi connectivity index (χ3n) is 3.28. The van der Waals surface area contributed by atoms with Crippen LogP contribution in [0.4, 0.5) is 0 Å². The highest BCUT2D eigenvalue weighted by atomic mass is 79.9. The topological polar surface area (TPSA) is 21.3 Å². The Morgan fingerprint density at radius 2 is 1.85 bits per heavy atom. The van der Waals surface area contributed by atoms with Gasteiger partial charge in [-0.1, -0.05) is 45.8 Å². The van der Waals surface area contributed by atoms with E-state index in [1.807, 2.05) is 26.1 Å². The molecule has 2 aromatic carbocycles. The minimum absolute atomic E-state index is 0.120. The van der Waals surface area contributed by atoms with Crippen molar-refractivity contribution >= 4 is 15.9 Å². The minimum atomic E-state index is 0.120. The molecule has 0 aromatic heterocycles. The molecule has 3 heteroatoms. The van der Waals surface area contributed by atoms with E-state index < -0.39 is 0 Å². The molecule has 0 fully saturated rings. The number of hydrogen-bond donors (Lipinski definition) is 1. The van der Waals surface area contributed by atoms with Crippen LogP contribution in [0.1, 0.15) is 29.7 Å². The van der Waals surface area contributed by atoms with Crippen LogP contribution in [0.5, 0.6) is 5.75 Å². The molecule has 0 aliphatic carbocycles. The van der Waals surface area contributed by atoms with Crippen molar-refractivity contribution in [2.24, 2.45) is 0 Å². The van der Waals surface area contributed by atoms with Crippen LogP contribution >= 0.6 is 15.9 Å². The van der Waals surface area contributed by atoms with E-state index in [0.29, 0.717) is 6.61 Å². The summed E-state index contributed by atoms with van der Waals surface area (Å²) >= 11 is 3.55. The third-order valence-corrected chi connectivity index (χ3v) is 3.78. The summed E-state index contributed by atoms with van der Waals surface area (Å²) in [6.07, 6.45) is 0. The first-order valence-corrected chi connectivity index (χ1v) is 7.61. The first kappa shape index (κ1) is 15.1. The number of aryl methyl sites for hydroxylation is 1. The number of benzene rings is 2. The van der Waals surface area contributed by atoms with Crippen molar-refractivity contribution in [3.63, 3.8) is 0 Å². The van der Waals surface area contributed by atoms with Crippen molar-refractivity contribution in [1.29, 1.82) is 0 Å². The summed E-state index contributed by atoms with van der Waals surface area (Å²) in [6.45, 7) is 4.77. The third kappa shape index (κ3) is 3.41. The van der Waals surface area contributed by atoms with Crippen molar-refractivity contribution in [3.05, 3.63) is 63.6 Å². The first-order valence-electron chi connectivity index (χ1n) is 6.81. The van der Waals surface area contributed by atoms with E-state index in [1.165, 1.54) is 11.1 Å². The molecule has 0 radical (unpaired) electrons. The summed E-state index contributed by atoms with van der Waals surface area (Å²) in [5, 5.41) is 3.38. The second-order valence-corrected chi connectivity index (χ2v) is 5.66. The van der Waals surface area contributed by atoms with E-state index in [1.54, 1.807) is 0 Å². The fourth-order valence-electron chi connectivity index (χ4n) is 2.29. The van der Waals surface area contributed by atoms with E-state index in [9.17, 15) is 0 Å². The summed E-state index contributed by atoms with van der Waals surface area (Å²) in [7, 11) is 1.97. The average molecular weight is 334 g/mol. The molecule has 0 saturated heterocycles. The van der Waals surface area contributed by atoms with E-state index in [0.717, 1.165) is 15.8 Å². The monoisotopic (exact) mass is 333 g/mol. The zero-order chi connectivity index (χ0) is 14.5. The Kier molecular flexibility index (Phi) is 5.21. The Labute approximate surface area is 129 Å². The van der Waals surface area contributed by atoms with Crippen LogP contribution in [0.3, 0.4) is 0 Å². The van der Waals surface area contributed by atoms with Crippen LogP contribution in [0, 0.1) is 6.92 Å². The fraction of sp³-hybridized carbons (Fsp3) is 0.294. The van der Waals surface area contributed by atoms with Gasteiger partial charge in [0.05, 0.1) is 12.6 Å². The van der Waals surface area contributed by atoms with Crippen LogP contribution in [0.15, 0.2) is 46.9 Å². The van der Waals surface area contributed by atoms with Gasteiger partial charge < -0.3 is 10.1 Å². The number of ether oxygens (including phenoxy) is 1. The highest BCUT2D eigenvalue weighted by Gasteiger charge is 2.17. The zero-order valence-corrected chi connectivity index (χ0v) is 13.7. The smallest absolute Gasteiger partial charge is 0.124 e. The second-order valence-electron chi connectivity index (χ2n) is 4.75. The van der Waals surface area contributed by atoms with Gasteiger partial charge in [-0.15, -0.1) is 0 Å². The molecule has 2 nitrogen and oxygen atoms in total. The summed E-state index contributed by atoms with van der Waals surface area (Å²) in [5.74, 6) is 0.927. The Morgan fingerprint density at radius 3 is 2.45 bits per heavy atom. The molecule has 1 unspecified atom stereocenters. The van der Waals surface area contributed by atoms with Gasteiger partial charge in [0.1, 0.15) is 5.75 Å². The number of nitrogens with one attached hydrogen (secondary N) is 1. The molecule has 0 spiro atoms. The summed E-state index contributed by atoms with van der Waals surface area (Å²) in [5.41, 5.74) is 3.65. The number of halogens is 1. The van der Waals surface area contributed by atoms with Crippen LogP contribution < -0.4 is 10.1 Å². The lowest BCUT2D eigenvalue weighted by Crippen LogP contribution is -2.18. The minimum Gasteiger partial charge on any atom is -0.494 e. The molecule has 106 valence electrons. The maximum absolute atomic E-state index is 5.76. The number of hydrogen-bond acceptors (Lipinski definition) is 2. The van der Waals surface area contributed by atoms with Crippen LogP contribution in [-0.4, -0.2) is 13.7 Å². The Bertz CT molecular complexity index is 566. The zero-order valence-electron chi connectivity index (χ0n) is 12.1. The van der Waals surface area contributed by atoms with Gasteiger partial charge in [0.2, 0.25) is 0 Å². The molecule has 0 aliphatic rings. The molecule has 2 rings (SSSR count). The highest BCUT2D eigenvalue weighted by molar-refractivity contribution is 9.10. The van der Waals surface area contributed by atoms with E-state index in [-0.39, 0.29) is 6.04 Å². The van der Waals surface area contributed by atoms with Gasteiger partial charge in [0.25, 0.3) is 0 Å². The maximum Gasteiger partial charge on any atom is 0.124 e. The van der Waals surface area contributed by atoms with Crippen LogP contribution in [-0.2, 0) is 0 Å². The molecule has 0 bridgehead atoms. The predicted octanol–water partition coefficient (Wildman–Crippen LogP) is 4.47. The molecule has 1 atom stereocenters.